The SMILES string of the molecule is CNCCOc1ccccc1N=Nc1ccc(NC(=O)CN)nc1N. The highest BCUT2D eigenvalue weighted by molar-refractivity contribution is 5.91. The largest absolute Gasteiger partial charge is 0.490 e. The van der Waals surface area contributed by atoms with Crippen LogP contribution in [-0.4, -0.2) is 37.6 Å². The number of nitrogens with one attached hydrogen (secondary N) is 2. The molecule has 0 saturated heterocycles. The van der Waals surface area contributed by atoms with Crippen molar-refractivity contribution in [1.82, 2.24) is 10.3 Å². The maximum atomic E-state index is 11.3. The van der Waals surface area contributed by atoms with E-state index in [1.165, 1.54) is 0 Å². The molecule has 1 amide bonds. The van der Waals surface area contributed by atoms with Crippen LogP contribution in [0.1, 0.15) is 0 Å². The summed E-state index contributed by atoms with van der Waals surface area (Å²) in [5.74, 6) is 0.726. The van der Waals surface area contributed by atoms with Crippen LogP contribution in [0, 0.1) is 0 Å². The van der Waals surface area contributed by atoms with Gasteiger partial charge in [-0.05, 0) is 31.3 Å². The molecule has 0 unspecified atom stereocenters. The fourth-order valence-electron chi connectivity index (χ4n) is 1.85. The number of para-hydroxylation sites is 1. The third kappa shape index (κ3) is 5.52. The predicted molar refractivity (Wildman–Crippen MR) is 96.4 cm³/mol. The van der Waals surface area contributed by atoms with E-state index in [9.17, 15) is 4.79 Å². The molecule has 0 aliphatic carbocycles. The standard InChI is InChI=1S/C16H21N7O2/c1-19-8-9-25-13-5-3-2-4-11(13)22-23-12-6-7-14(21-16(12)18)20-15(24)10-17/h2-7,19H,8-10,17H2,1H3,(H3,18,20,21,24). The van der Waals surface area contributed by atoms with Gasteiger partial charge >= 0.3 is 0 Å². The quantitative estimate of drug-likeness (QED) is 0.424. The summed E-state index contributed by atoms with van der Waals surface area (Å²) >= 11 is 0. The molecule has 2 aromatic rings. The Morgan fingerprint density at radius 3 is 2.68 bits per heavy atom. The molecule has 2 rings (SSSR count). The summed E-state index contributed by atoms with van der Waals surface area (Å²) in [5.41, 5.74) is 12.1. The van der Waals surface area contributed by atoms with Crippen molar-refractivity contribution in [3.63, 3.8) is 0 Å². The molecule has 0 radical (unpaired) electrons. The van der Waals surface area contributed by atoms with E-state index in [0.717, 1.165) is 6.54 Å². The van der Waals surface area contributed by atoms with Crippen LogP contribution >= 0.6 is 0 Å². The summed E-state index contributed by atoms with van der Waals surface area (Å²) in [7, 11) is 1.85. The minimum Gasteiger partial charge on any atom is -0.490 e. The van der Waals surface area contributed by atoms with Crippen molar-refractivity contribution in [2.24, 2.45) is 16.0 Å². The number of nitrogens with two attached hydrogens (primary N) is 2. The van der Waals surface area contributed by atoms with E-state index in [1.807, 2.05) is 25.2 Å². The van der Waals surface area contributed by atoms with Crippen LogP contribution in [0.15, 0.2) is 46.6 Å². The number of rotatable bonds is 8. The summed E-state index contributed by atoms with van der Waals surface area (Å²) in [6.07, 6.45) is 0. The molecule has 0 fully saturated rings. The molecule has 0 spiro atoms. The zero-order chi connectivity index (χ0) is 18.1. The van der Waals surface area contributed by atoms with E-state index in [-0.39, 0.29) is 18.3 Å². The van der Waals surface area contributed by atoms with Gasteiger partial charge in [0.05, 0.1) is 6.54 Å². The number of nitrogen functional groups attached to an aromatic ring is 1. The zero-order valence-corrected chi connectivity index (χ0v) is 13.9. The lowest BCUT2D eigenvalue weighted by Crippen LogP contribution is -2.22. The maximum absolute atomic E-state index is 11.3. The second kappa shape index (κ2) is 9.30. The first kappa shape index (κ1) is 18.3. The fourth-order valence-corrected chi connectivity index (χ4v) is 1.85. The number of hydrogen-bond acceptors (Lipinski definition) is 8. The monoisotopic (exact) mass is 343 g/mol. The van der Waals surface area contributed by atoms with E-state index in [1.54, 1.807) is 18.2 Å². The molecular weight excluding hydrogens is 322 g/mol. The molecule has 0 aliphatic heterocycles. The molecule has 0 bridgehead atoms. The highest BCUT2D eigenvalue weighted by atomic mass is 16.5. The van der Waals surface area contributed by atoms with Gasteiger partial charge < -0.3 is 26.8 Å². The molecule has 6 N–H and O–H groups in total. The summed E-state index contributed by atoms with van der Waals surface area (Å²) in [6, 6.07) is 10.5. The van der Waals surface area contributed by atoms with Gasteiger partial charge in [-0.15, -0.1) is 10.2 Å². The van der Waals surface area contributed by atoms with Crippen molar-refractivity contribution in [2.45, 2.75) is 0 Å². The second-order valence-electron chi connectivity index (χ2n) is 4.97. The van der Waals surface area contributed by atoms with Gasteiger partial charge in [0.2, 0.25) is 5.91 Å². The van der Waals surface area contributed by atoms with Crippen molar-refractivity contribution < 1.29 is 9.53 Å². The first-order valence-corrected chi connectivity index (χ1v) is 7.68. The molecular formula is C16H21N7O2. The van der Waals surface area contributed by atoms with E-state index in [2.05, 4.69) is 25.8 Å². The first-order chi connectivity index (χ1) is 12.1. The lowest BCUT2D eigenvalue weighted by Gasteiger charge is -2.08. The molecule has 9 nitrogen and oxygen atoms in total. The minimum atomic E-state index is -0.353. The Hall–Kier alpha value is -3.04. The Kier molecular flexibility index (Phi) is 6.81. The number of azo groups is 1. The lowest BCUT2D eigenvalue weighted by atomic mass is 10.3. The van der Waals surface area contributed by atoms with Crippen LogP contribution in [0.5, 0.6) is 5.75 Å². The Morgan fingerprint density at radius 1 is 1.20 bits per heavy atom. The van der Waals surface area contributed by atoms with Gasteiger partial charge in [0, 0.05) is 6.54 Å². The van der Waals surface area contributed by atoms with E-state index < -0.39 is 0 Å². The van der Waals surface area contributed by atoms with Gasteiger partial charge in [-0.3, -0.25) is 4.79 Å². The average molecular weight is 343 g/mol. The van der Waals surface area contributed by atoms with Crippen LogP contribution < -0.4 is 26.8 Å². The molecule has 25 heavy (non-hydrogen) atoms. The Bertz CT molecular complexity index is 749. The normalized spacial score (nSPS) is 10.8. The highest BCUT2D eigenvalue weighted by Crippen LogP contribution is 2.30. The Labute approximate surface area is 145 Å². The van der Waals surface area contributed by atoms with Gasteiger partial charge in [0.25, 0.3) is 0 Å². The van der Waals surface area contributed by atoms with Gasteiger partial charge in [-0.2, -0.15) is 0 Å². The lowest BCUT2D eigenvalue weighted by molar-refractivity contribution is -0.114. The third-order valence-corrected chi connectivity index (χ3v) is 3.10. The fraction of sp³-hybridized carbons (Fsp3) is 0.250. The van der Waals surface area contributed by atoms with Gasteiger partial charge in [-0.25, -0.2) is 4.98 Å². The number of carbonyl (C=O) groups excluding carboxylic acids is 1. The summed E-state index contributed by atoms with van der Waals surface area (Å²) < 4.78 is 5.65. The van der Waals surface area contributed by atoms with Crippen LogP contribution in [0.3, 0.4) is 0 Å². The molecule has 9 heteroatoms. The number of likely N-dealkylation sites (N-methyl/N-ethyl adjacent to an activating group) is 1. The first-order valence-electron chi connectivity index (χ1n) is 7.68. The van der Waals surface area contributed by atoms with Crippen LogP contribution in [-0.2, 0) is 4.79 Å². The number of amides is 1. The van der Waals surface area contributed by atoms with Crippen molar-refractivity contribution in [3.8, 4) is 5.75 Å². The molecule has 132 valence electrons. The van der Waals surface area contributed by atoms with Crippen LogP contribution in [0.4, 0.5) is 23.0 Å². The number of aromatic nitrogens is 1. The van der Waals surface area contributed by atoms with Crippen LogP contribution in [0.25, 0.3) is 0 Å². The number of ether oxygens (including phenoxy) is 1. The van der Waals surface area contributed by atoms with Crippen molar-refractivity contribution in [1.29, 1.82) is 0 Å². The molecule has 0 aliphatic rings. The summed E-state index contributed by atoms with van der Waals surface area (Å²) in [4.78, 5) is 15.3. The van der Waals surface area contributed by atoms with Crippen molar-refractivity contribution >= 4 is 28.9 Å². The molecule has 0 saturated carbocycles. The number of pyridine rings is 1. The second-order valence-corrected chi connectivity index (χ2v) is 4.97. The topological polar surface area (TPSA) is 140 Å². The predicted octanol–water partition coefficient (Wildman–Crippen LogP) is 1.57. The van der Waals surface area contributed by atoms with Gasteiger partial charge in [-0.1, -0.05) is 12.1 Å². The van der Waals surface area contributed by atoms with Crippen LogP contribution in [0.2, 0.25) is 0 Å². The molecule has 0 atom stereocenters. The highest BCUT2D eigenvalue weighted by Gasteiger charge is 2.06. The average Bonchev–Trinajstić information content (AvgIpc) is 2.62. The van der Waals surface area contributed by atoms with Gasteiger partial charge in [0.1, 0.15) is 29.5 Å². The number of benzene rings is 1. The summed E-state index contributed by atoms with van der Waals surface area (Å²) in [6.45, 7) is 1.11. The minimum absolute atomic E-state index is 0.132. The Morgan fingerprint density at radius 2 is 1.96 bits per heavy atom. The van der Waals surface area contributed by atoms with Crippen molar-refractivity contribution in [2.75, 3.05) is 37.8 Å². The smallest absolute Gasteiger partial charge is 0.239 e. The van der Waals surface area contributed by atoms with E-state index >= 15 is 0 Å². The summed E-state index contributed by atoms with van der Waals surface area (Å²) in [5, 5.41) is 13.8. The third-order valence-electron chi connectivity index (χ3n) is 3.10. The Balaban J connectivity index is 2.12. The number of hydrogen-bond donors (Lipinski definition) is 4. The molecule has 1 heterocycles. The number of anilines is 2. The van der Waals surface area contributed by atoms with Crippen molar-refractivity contribution in [3.05, 3.63) is 36.4 Å². The zero-order valence-electron chi connectivity index (χ0n) is 13.9. The maximum Gasteiger partial charge on any atom is 0.239 e. The molecule has 1 aromatic carbocycles. The molecule has 1 aromatic heterocycles. The number of nitrogens with zero attached hydrogens (tertiary/aromatic N) is 3. The van der Waals surface area contributed by atoms with E-state index in [0.29, 0.717) is 29.5 Å². The van der Waals surface area contributed by atoms with E-state index in [4.69, 9.17) is 16.2 Å². The number of carbonyl (C=O) groups is 1. The van der Waals surface area contributed by atoms with Gasteiger partial charge in [0.15, 0.2) is 5.82 Å².